The summed E-state index contributed by atoms with van der Waals surface area (Å²) in [6.07, 6.45) is 3.70. The Hall–Kier alpha value is -3.09. The van der Waals surface area contributed by atoms with E-state index >= 15 is 0 Å². The van der Waals surface area contributed by atoms with Crippen molar-refractivity contribution in [1.82, 2.24) is 14.9 Å². The van der Waals surface area contributed by atoms with Crippen LogP contribution in [0.25, 0.3) is 23.3 Å². The fourth-order valence-electron chi connectivity index (χ4n) is 3.85. The molecule has 1 aromatic heterocycles. The van der Waals surface area contributed by atoms with E-state index in [0.29, 0.717) is 38.9 Å². The second-order valence-electron chi connectivity index (χ2n) is 8.42. The Morgan fingerprint density at radius 2 is 1.49 bits per heavy atom. The molecule has 0 aliphatic rings. The fourth-order valence-corrected chi connectivity index (χ4v) is 4.38. The van der Waals surface area contributed by atoms with Crippen molar-refractivity contribution in [1.29, 1.82) is 0 Å². The number of nitrogens with zero attached hydrogens (tertiary/aromatic N) is 3. The molecule has 37 heavy (non-hydrogen) atoms. The van der Waals surface area contributed by atoms with Gasteiger partial charge in [-0.1, -0.05) is 79.0 Å². The summed E-state index contributed by atoms with van der Waals surface area (Å²) in [4.78, 5) is 11.5. The van der Waals surface area contributed by atoms with Gasteiger partial charge in [-0.25, -0.2) is 9.97 Å². The lowest BCUT2D eigenvalue weighted by molar-refractivity contribution is 0.291. The highest BCUT2D eigenvalue weighted by Gasteiger charge is 2.16. The first-order valence-electron chi connectivity index (χ1n) is 11.9. The van der Waals surface area contributed by atoms with Gasteiger partial charge in [-0.3, -0.25) is 4.90 Å². The number of rotatable bonds is 9. The van der Waals surface area contributed by atoms with Crippen molar-refractivity contribution in [3.8, 4) is 16.9 Å². The number of aromatic hydroxyl groups is 1. The Morgan fingerprint density at radius 1 is 0.838 bits per heavy atom. The third-order valence-electron chi connectivity index (χ3n) is 5.94. The topological polar surface area (TPSA) is 61.3 Å². The number of phenolic OH excluding ortho intramolecular Hbond substituents is 1. The molecule has 0 amide bonds. The van der Waals surface area contributed by atoms with E-state index < -0.39 is 0 Å². The van der Waals surface area contributed by atoms with Gasteiger partial charge in [0.25, 0.3) is 0 Å². The van der Waals surface area contributed by atoms with Crippen molar-refractivity contribution >= 4 is 58.5 Å². The van der Waals surface area contributed by atoms with Gasteiger partial charge >= 0.3 is 0 Å². The summed E-state index contributed by atoms with van der Waals surface area (Å²) in [5, 5.41) is 15.4. The van der Waals surface area contributed by atoms with Crippen molar-refractivity contribution in [2.45, 2.75) is 20.4 Å². The molecule has 0 aliphatic heterocycles. The first-order chi connectivity index (χ1) is 17.9. The lowest BCUT2D eigenvalue weighted by atomic mass is 10.1. The SMILES string of the molecule is CCN(CC)Cc1cc(Nc2nc(C=Cc3ccc(Cl)cc3)nc(Cl)c2-c2ccc(Cl)cc2)ccc1O. The number of phenols is 1. The van der Waals surface area contributed by atoms with Crippen LogP contribution in [-0.2, 0) is 6.54 Å². The van der Waals surface area contributed by atoms with Gasteiger partial charge in [0.15, 0.2) is 5.82 Å². The zero-order valence-electron chi connectivity index (χ0n) is 20.5. The van der Waals surface area contributed by atoms with Crippen molar-refractivity contribution < 1.29 is 5.11 Å². The van der Waals surface area contributed by atoms with Gasteiger partial charge in [0, 0.05) is 27.8 Å². The fraction of sp³-hybridized carbons (Fsp3) is 0.172. The largest absolute Gasteiger partial charge is 0.508 e. The minimum atomic E-state index is 0.252. The molecule has 4 rings (SSSR count). The molecule has 0 saturated heterocycles. The Morgan fingerprint density at radius 3 is 2.14 bits per heavy atom. The number of aromatic nitrogens is 2. The summed E-state index contributed by atoms with van der Waals surface area (Å²) < 4.78 is 0. The van der Waals surface area contributed by atoms with Crippen LogP contribution >= 0.6 is 34.8 Å². The molecule has 190 valence electrons. The van der Waals surface area contributed by atoms with Crippen LogP contribution in [0, 0.1) is 0 Å². The molecule has 2 N–H and O–H groups in total. The van der Waals surface area contributed by atoms with Crippen molar-refractivity contribution in [3.63, 3.8) is 0 Å². The number of halogens is 3. The zero-order chi connectivity index (χ0) is 26.4. The van der Waals surface area contributed by atoms with E-state index in [1.807, 2.05) is 54.6 Å². The van der Waals surface area contributed by atoms with E-state index in [0.717, 1.165) is 35.5 Å². The van der Waals surface area contributed by atoms with E-state index in [-0.39, 0.29) is 5.75 Å². The first kappa shape index (κ1) is 27.0. The van der Waals surface area contributed by atoms with Gasteiger partial charge in [0.1, 0.15) is 16.7 Å². The normalized spacial score (nSPS) is 11.4. The molecule has 0 spiro atoms. The number of hydrogen-bond acceptors (Lipinski definition) is 5. The molecule has 3 aromatic carbocycles. The molecule has 0 fully saturated rings. The highest BCUT2D eigenvalue weighted by atomic mass is 35.5. The quantitative estimate of drug-likeness (QED) is 0.161. The van der Waals surface area contributed by atoms with E-state index in [1.165, 1.54) is 0 Å². The van der Waals surface area contributed by atoms with E-state index in [2.05, 4.69) is 29.0 Å². The Labute approximate surface area is 232 Å². The summed E-state index contributed by atoms with van der Waals surface area (Å²) >= 11 is 18.8. The van der Waals surface area contributed by atoms with E-state index in [1.54, 1.807) is 24.3 Å². The second kappa shape index (κ2) is 12.4. The Bertz CT molecular complexity index is 1390. The third kappa shape index (κ3) is 7.02. The van der Waals surface area contributed by atoms with Gasteiger partial charge in [-0.2, -0.15) is 0 Å². The lowest BCUT2D eigenvalue weighted by Crippen LogP contribution is -2.22. The molecular formula is C29H27Cl3N4O. The summed E-state index contributed by atoms with van der Waals surface area (Å²) in [5.74, 6) is 1.24. The second-order valence-corrected chi connectivity index (χ2v) is 9.65. The van der Waals surface area contributed by atoms with Crippen molar-refractivity contribution in [2.24, 2.45) is 0 Å². The number of nitrogens with one attached hydrogen (secondary N) is 1. The Kier molecular flexibility index (Phi) is 9.06. The molecule has 0 saturated carbocycles. The van der Waals surface area contributed by atoms with Gasteiger partial charge < -0.3 is 10.4 Å². The van der Waals surface area contributed by atoms with E-state index in [9.17, 15) is 5.11 Å². The molecule has 4 aromatic rings. The predicted octanol–water partition coefficient (Wildman–Crippen LogP) is 8.57. The van der Waals surface area contributed by atoms with Crippen LogP contribution in [0.3, 0.4) is 0 Å². The van der Waals surface area contributed by atoms with Crippen molar-refractivity contribution in [3.05, 3.63) is 98.9 Å². The molecule has 0 unspecified atom stereocenters. The molecular weight excluding hydrogens is 527 g/mol. The van der Waals surface area contributed by atoms with E-state index in [4.69, 9.17) is 39.8 Å². The standard InChI is InChI=1S/C29H27Cl3N4O/c1-3-36(4-2)18-21-17-24(14-15-25(21)37)33-29-27(20-8-12-23(31)13-9-20)28(32)34-26(35-29)16-7-19-5-10-22(30)11-6-19/h5-17,37H,3-4,18H2,1-2H3,(H,33,34,35). The van der Waals surface area contributed by atoms with Crippen LogP contribution in [0.4, 0.5) is 11.5 Å². The third-order valence-corrected chi connectivity index (χ3v) is 6.72. The molecule has 5 nitrogen and oxygen atoms in total. The van der Waals surface area contributed by atoms with Crippen LogP contribution in [0.5, 0.6) is 5.75 Å². The summed E-state index contributed by atoms with van der Waals surface area (Å²) in [7, 11) is 0. The molecule has 8 heteroatoms. The smallest absolute Gasteiger partial charge is 0.156 e. The van der Waals surface area contributed by atoms with Crippen LogP contribution in [0.15, 0.2) is 66.7 Å². The van der Waals surface area contributed by atoms with Gasteiger partial charge in [0.05, 0.1) is 5.56 Å². The highest BCUT2D eigenvalue weighted by molar-refractivity contribution is 6.33. The maximum Gasteiger partial charge on any atom is 0.156 e. The summed E-state index contributed by atoms with van der Waals surface area (Å²) in [5.41, 5.74) is 4.04. The monoisotopic (exact) mass is 552 g/mol. The molecule has 0 atom stereocenters. The van der Waals surface area contributed by atoms with Crippen LogP contribution in [0.1, 0.15) is 30.8 Å². The Balaban J connectivity index is 1.74. The lowest BCUT2D eigenvalue weighted by Gasteiger charge is -2.20. The highest BCUT2D eigenvalue weighted by Crippen LogP contribution is 2.36. The average Bonchev–Trinajstić information content (AvgIpc) is 2.89. The molecule has 0 radical (unpaired) electrons. The van der Waals surface area contributed by atoms with Crippen LogP contribution in [0.2, 0.25) is 15.2 Å². The zero-order valence-corrected chi connectivity index (χ0v) is 22.8. The van der Waals surface area contributed by atoms with Crippen LogP contribution < -0.4 is 5.32 Å². The minimum absolute atomic E-state index is 0.252. The minimum Gasteiger partial charge on any atom is -0.508 e. The van der Waals surface area contributed by atoms with Gasteiger partial charge in [-0.15, -0.1) is 0 Å². The summed E-state index contributed by atoms with van der Waals surface area (Å²) in [6, 6.07) is 20.3. The average molecular weight is 554 g/mol. The maximum atomic E-state index is 10.5. The number of hydrogen-bond donors (Lipinski definition) is 2. The molecule has 0 aliphatic carbocycles. The van der Waals surface area contributed by atoms with Crippen LogP contribution in [-0.4, -0.2) is 33.1 Å². The number of anilines is 2. The maximum absolute atomic E-state index is 10.5. The molecule has 1 heterocycles. The van der Waals surface area contributed by atoms with Crippen molar-refractivity contribution in [2.75, 3.05) is 18.4 Å². The number of benzene rings is 3. The van der Waals surface area contributed by atoms with Gasteiger partial charge in [-0.05, 0) is 72.8 Å². The summed E-state index contributed by atoms with van der Waals surface area (Å²) in [6.45, 7) is 6.61. The first-order valence-corrected chi connectivity index (χ1v) is 13.1. The predicted molar refractivity (Wildman–Crippen MR) is 156 cm³/mol. The molecule has 0 bridgehead atoms. The van der Waals surface area contributed by atoms with Gasteiger partial charge in [0.2, 0.25) is 0 Å².